The van der Waals surface area contributed by atoms with Gasteiger partial charge in [0.2, 0.25) is 0 Å². The lowest BCUT2D eigenvalue weighted by Crippen LogP contribution is -2.10. The van der Waals surface area contributed by atoms with Crippen LogP contribution in [0.4, 0.5) is 5.69 Å². The zero-order valence-electron chi connectivity index (χ0n) is 12.5. The second kappa shape index (κ2) is 5.03. The quantitative estimate of drug-likeness (QED) is 0.666. The maximum atomic E-state index is 4.86. The summed E-state index contributed by atoms with van der Waals surface area (Å²) in [6.07, 6.45) is 8.35. The Labute approximate surface area is 138 Å². The highest BCUT2D eigenvalue weighted by atomic mass is 79.9. The molecule has 22 heavy (non-hydrogen) atoms. The third-order valence-corrected chi connectivity index (χ3v) is 4.70. The second-order valence-electron chi connectivity index (χ2n) is 5.74. The van der Waals surface area contributed by atoms with E-state index in [0.29, 0.717) is 5.92 Å². The summed E-state index contributed by atoms with van der Waals surface area (Å²) in [5.74, 6) is 0.363. The third kappa shape index (κ3) is 2.00. The van der Waals surface area contributed by atoms with E-state index in [0.717, 1.165) is 21.4 Å². The summed E-state index contributed by atoms with van der Waals surface area (Å²) < 4.78 is 0.996. The van der Waals surface area contributed by atoms with Gasteiger partial charge in [-0.2, -0.15) is 0 Å². The van der Waals surface area contributed by atoms with Crippen molar-refractivity contribution >= 4 is 32.9 Å². The Morgan fingerprint density at radius 1 is 1.18 bits per heavy atom. The molecule has 1 aromatic heterocycles. The minimum atomic E-state index is 0.363. The molecule has 0 saturated heterocycles. The first-order valence-electron chi connectivity index (χ1n) is 7.38. The highest BCUT2D eigenvalue weighted by molar-refractivity contribution is 9.10. The van der Waals surface area contributed by atoms with Crippen LogP contribution >= 0.6 is 15.9 Å². The average molecular weight is 351 g/mol. The predicted octanol–water partition coefficient (Wildman–Crippen LogP) is 5.49. The number of hydrogen-bond donors (Lipinski definition) is 0. The van der Waals surface area contributed by atoms with Crippen LogP contribution in [0, 0.1) is 12.8 Å². The summed E-state index contributed by atoms with van der Waals surface area (Å²) in [7, 11) is 0. The maximum Gasteiger partial charge on any atom is 0.0718 e. The van der Waals surface area contributed by atoms with Crippen LogP contribution in [0.1, 0.15) is 18.2 Å². The highest BCUT2D eigenvalue weighted by Crippen LogP contribution is 2.45. The number of nitrogens with zero attached hydrogens (tertiary/aromatic N) is 2. The molecule has 1 aliphatic carbocycles. The molecule has 3 heteroatoms. The molecule has 2 aliphatic rings. The number of fused-ring (bicyclic) bond motifs is 3. The minimum Gasteiger partial charge on any atom is -0.260 e. The largest absolute Gasteiger partial charge is 0.260 e. The molecule has 1 aliphatic heterocycles. The Morgan fingerprint density at radius 3 is 2.91 bits per heavy atom. The fourth-order valence-electron chi connectivity index (χ4n) is 3.16. The van der Waals surface area contributed by atoms with Crippen LogP contribution in [0.25, 0.3) is 16.7 Å². The molecular weight excluding hydrogens is 336 g/mol. The van der Waals surface area contributed by atoms with Crippen molar-refractivity contribution in [1.82, 2.24) is 4.98 Å². The van der Waals surface area contributed by atoms with Crippen molar-refractivity contribution in [1.29, 1.82) is 0 Å². The lowest BCUT2D eigenvalue weighted by atomic mass is 9.86. The predicted molar refractivity (Wildman–Crippen MR) is 95.5 cm³/mol. The molecule has 1 unspecified atom stereocenters. The standard InChI is InChI=1S/C19H15BrN2/c1-11-5-3-7-15-18-14(6-4-8-17(18)22-19(11)15)16-9-13(20)10-21-12(16)2/h3-11H,1-2H3. The molecule has 2 aromatic rings. The van der Waals surface area contributed by atoms with Gasteiger partial charge in [-0.3, -0.25) is 9.98 Å². The number of aromatic nitrogens is 1. The summed E-state index contributed by atoms with van der Waals surface area (Å²) in [4.78, 5) is 9.34. The highest BCUT2D eigenvalue weighted by Gasteiger charge is 2.28. The number of halogens is 1. The van der Waals surface area contributed by atoms with Gasteiger partial charge in [0.25, 0.3) is 0 Å². The number of hydrogen-bond acceptors (Lipinski definition) is 2. The number of aryl methyl sites for hydroxylation is 1. The molecule has 0 fully saturated rings. The lowest BCUT2D eigenvalue weighted by Gasteiger charge is -2.16. The van der Waals surface area contributed by atoms with Crippen molar-refractivity contribution in [3.05, 3.63) is 64.4 Å². The zero-order chi connectivity index (χ0) is 15.3. The number of rotatable bonds is 1. The van der Waals surface area contributed by atoms with E-state index >= 15 is 0 Å². The normalized spacial score (nSPS) is 18.6. The van der Waals surface area contributed by atoms with E-state index < -0.39 is 0 Å². The maximum absolute atomic E-state index is 4.86. The van der Waals surface area contributed by atoms with Crippen molar-refractivity contribution in [3.63, 3.8) is 0 Å². The first kappa shape index (κ1) is 13.6. The number of pyridine rings is 1. The SMILES string of the molecule is Cc1ncc(Br)cc1-c1cccc2c1C1=CC=CC(C)C1=N2. The van der Waals surface area contributed by atoms with E-state index in [9.17, 15) is 0 Å². The molecule has 0 saturated carbocycles. The van der Waals surface area contributed by atoms with Gasteiger partial charge in [-0.15, -0.1) is 0 Å². The third-order valence-electron chi connectivity index (χ3n) is 4.27. The summed E-state index contributed by atoms with van der Waals surface area (Å²) in [6, 6.07) is 8.48. The molecule has 0 spiro atoms. The molecule has 1 aromatic carbocycles. The smallest absolute Gasteiger partial charge is 0.0718 e. The van der Waals surface area contributed by atoms with Crippen LogP contribution in [0.3, 0.4) is 0 Å². The van der Waals surface area contributed by atoms with Gasteiger partial charge in [0, 0.05) is 39.0 Å². The van der Waals surface area contributed by atoms with Gasteiger partial charge in [-0.05, 0) is 40.5 Å². The molecule has 1 atom stereocenters. The fraction of sp³-hybridized carbons (Fsp3) is 0.158. The first-order chi connectivity index (χ1) is 10.6. The topological polar surface area (TPSA) is 25.2 Å². The molecular formula is C19H15BrN2. The van der Waals surface area contributed by atoms with Crippen LogP contribution in [0.2, 0.25) is 0 Å². The minimum absolute atomic E-state index is 0.363. The van der Waals surface area contributed by atoms with Crippen molar-refractivity contribution < 1.29 is 0 Å². The lowest BCUT2D eigenvalue weighted by molar-refractivity contribution is 1.00. The monoisotopic (exact) mass is 350 g/mol. The number of benzene rings is 1. The average Bonchev–Trinajstić information content (AvgIpc) is 2.90. The first-order valence-corrected chi connectivity index (χ1v) is 8.18. The van der Waals surface area contributed by atoms with E-state index in [1.807, 2.05) is 6.20 Å². The zero-order valence-corrected chi connectivity index (χ0v) is 14.1. The van der Waals surface area contributed by atoms with Gasteiger partial charge in [-0.25, -0.2) is 0 Å². The van der Waals surface area contributed by atoms with Crippen molar-refractivity contribution in [2.75, 3.05) is 0 Å². The van der Waals surface area contributed by atoms with Gasteiger partial charge in [0.05, 0.1) is 11.4 Å². The van der Waals surface area contributed by atoms with Crippen LogP contribution in [-0.2, 0) is 0 Å². The molecule has 108 valence electrons. The Bertz CT molecular complexity index is 875. The summed E-state index contributed by atoms with van der Waals surface area (Å²) >= 11 is 3.54. The summed E-state index contributed by atoms with van der Waals surface area (Å²) in [6.45, 7) is 4.25. The van der Waals surface area contributed by atoms with Gasteiger partial charge in [0.1, 0.15) is 0 Å². The van der Waals surface area contributed by atoms with E-state index in [1.54, 1.807) is 0 Å². The Morgan fingerprint density at radius 2 is 2.05 bits per heavy atom. The van der Waals surface area contributed by atoms with E-state index in [2.05, 4.69) is 77.3 Å². The van der Waals surface area contributed by atoms with Crippen LogP contribution in [-0.4, -0.2) is 10.7 Å². The molecule has 0 N–H and O–H groups in total. The number of allylic oxidation sites excluding steroid dienone is 4. The summed E-state index contributed by atoms with van der Waals surface area (Å²) in [5.41, 5.74) is 8.11. The molecule has 2 heterocycles. The van der Waals surface area contributed by atoms with Crippen molar-refractivity contribution in [2.45, 2.75) is 13.8 Å². The van der Waals surface area contributed by atoms with Crippen LogP contribution in [0.15, 0.2) is 58.2 Å². The second-order valence-corrected chi connectivity index (χ2v) is 6.65. The molecule has 0 amide bonds. The van der Waals surface area contributed by atoms with Gasteiger partial charge < -0.3 is 0 Å². The Kier molecular flexibility index (Phi) is 3.12. The Hall–Kier alpha value is -2.00. The number of aliphatic imine (C=N–C) groups is 1. The summed E-state index contributed by atoms with van der Waals surface area (Å²) in [5, 5.41) is 0. The van der Waals surface area contributed by atoms with Crippen molar-refractivity contribution in [2.24, 2.45) is 10.9 Å². The van der Waals surface area contributed by atoms with E-state index in [-0.39, 0.29) is 0 Å². The molecule has 2 nitrogen and oxygen atoms in total. The molecule has 0 radical (unpaired) electrons. The van der Waals surface area contributed by atoms with Crippen LogP contribution in [0.5, 0.6) is 0 Å². The van der Waals surface area contributed by atoms with E-state index in [4.69, 9.17) is 4.99 Å². The molecule has 4 rings (SSSR count). The van der Waals surface area contributed by atoms with E-state index in [1.165, 1.54) is 22.4 Å². The van der Waals surface area contributed by atoms with Gasteiger partial charge >= 0.3 is 0 Å². The molecule has 0 bridgehead atoms. The van der Waals surface area contributed by atoms with Gasteiger partial charge in [0.15, 0.2) is 0 Å². The fourth-order valence-corrected chi connectivity index (χ4v) is 3.50. The van der Waals surface area contributed by atoms with Crippen molar-refractivity contribution in [3.8, 4) is 11.1 Å². The van der Waals surface area contributed by atoms with Gasteiger partial charge in [-0.1, -0.05) is 37.3 Å². The van der Waals surface area contributed by atoms with Crippen LogP contribution < -0.4 is 0 Å². The Balaban J connectivity index is 1.97.